The van der Waals surface area contributed by atoms with Crippen molar-refractivity contribution < 1.29 is 22.0 Å². The first kappa shape index (κ1) is 57.3. The van der Waals surface area contributed by atoms with Crippen LogP contribution in [-0.4, -0.2) is 14.7 Å². The SMILES string of the molecule is CC(C)C(C)(C)c1cc(C(C)(C)C(C)C)c2cc(OP(Oc3ccc(S(C)(=O)=O)cc3)Oc3cc4c(C(C)(C)C(C)C)cc(C(C)(C)C(C)C)cc4cc3C(C)(C)C(C)C)c(C(C)(C)C(C)C)cc2c1. The fourth-order valence-corrected chi connectivity index (χ4v) is 10.4. The van der Waals surface area contributed by atoms with Crippen molar-refractivity contribution >= 4 is 40.0 Å². The third-order valence-electron chi connectivity index (χ3n) is 18.8. The van der Waals surface area contributed by atoms with Crippen molar-refractivity contribution in [2.24, 2.45) is 35.5 Å². The first-order chi connectivity index (χ1) is 31.8. The van der Waals surface area contributed by atoms with Crippen LogP contribution in [-0.2, 0) is 42.3 Å². The van der Waals surface area contributed by atoms with Gasteiger partial charge in [0.15, 0.2) is 9.84 Å². The summed E-state index contributed by atoms with van der Waals surface area (Å²) in [5.74, 6) is 3.99. The zero-order valence-electron chi connectivity index (χ0n) is 48.3. The smallest absolute Gasteiger partial charge is 0.409 e. The number of hydrogen-bond donors (Lipinski definition) is 0. The quantitative estimate of drug-likeness (QED) is 0.0772. The maximum Gasteiger partial charge on any atom is 0.530 e. The van der Waals surface area contributed by atoms with Crippen LogP contribution in [0.2, 0.25) is 0 Å². The van der Waals surface area contributed by atoms with Gasteiger partial charge in [0.1, 0.15) is 17.2 Å². The predicted octanol–water partition coefficient (Wildman–Crippen LogP) is 18.8. The molecule has 386 valence electrons. The third-order valence-corrected chi connectivity index (χ3v) is 21.0. The molecule has 0 aromatic heterocycles. The van der Waals surface area contributed by atoms with Crippen molar-refractivity contribution in [3.8, 4) is 17.2 Å². The lowest BCUT2D eigenvalue weighted by atomic mass is 9.68. The summed E-state index contributed by atoms with van der Waals surface area (Å²) in [5, 5.41) is 4.70. The Labute approximate surface area is 428 Å². The Morgan fingerprint density at radius 2 is 0.686 bits per heavy atom. The van der Waals surface area contributed by atoms with Crippen LogP contribution in [0.25, 0.3) is 21.5 Å². The fraction of sp³-hybridized carbons (Fsp3) is 0.587. The molecule has 0 N–H and O–H groups in total. The minimum atomic E-state index is -3.44. The van der Waals surface area contributed by atoms with E-state index in [1.54, 1.807) is 24.3 Å². The molecule has 0 bridgehead atoms. The minimum absolute atomic E-state index is 0.0562. The van der Waals surface area contributed by atoms with Crippen molar-refractivity contribution in [3.05, 3.63) is 106 Å². The summed E-state index contributed by atoms with van der Waals surface area (Å²) >= 11 is 0. The number of rotatable bonds is 19. The predicted molar refractivity (Wildman–Crippen MR) is 303 cm³/mol. The van der Waals surface area contributed by atoms with Gasteiger partial charge in [-0.25, -0.2) is 8.42 Å². The Morgan fingerprint density at radius 1 is 0.386 bits per heavy atom. The summed E-state index contributed by atoms with van der Waals surface area (Å²) in [7, 11) is -5.66. The maximum absolute atomic E-state index is 12.6. The van der Waals surface area contributed by atoms with Gasteiger partial charge >= 0.3 is 8.60 Å². The summed E-state index contributed by atoms with van der Waals surface area (Å²) in [5.41, 5.74) is 6.35. The van der Waals surface area contributed by atoms with E-state index in [1.165, 1.54) is 39.3 Å². The second kappa shape index (κ2) is 20.0. The number of sulfone groups is 1. The van der Waals surface area contributed by atoms with Gasteiger partial charge in [-0.1, -0.05) is 190 Å². The molecular formula is C63H93O5PS. The zero-order chi connectivity index (χ0) is 53.2. The van der Waals surface area contributed by atoms with Gasteiger partial charge in [0.05, 0.1) is 4.90 Å². The average Bonchev–Trinajstić information content (AvgIpc) is 3.24. The van der Waals surface area contributed by atoms with E-state index < -0.39 is 18.4 Å². The molecule has 0 aliphatic carbocycles. The largest absolute Gasteiger partial charge is 0.530 e. The lowest BCUT2D eigenvalue weighted by Gasteiger charge is -2.37. The Bertz CT molecular complexity index is 2630. The molecule has 5 rings (SSSR count). The normalized spacial score (nSPS) is 13.9. The van der Waals surface area contributed by atoms with Crippen LogP contribution < -0.4 is 13.6 Å². The molecule has 7 heteroatoms. The lowest BCUT2D eigenvalue weighted by Crippen LogP contribution is -2.29. The van der Waals surface area contributed by atoms with Gasteiger partial charge in [0.2, 0.25) is 0 Å². The molecular weight excluding hydrogens is 900 g/mol. The van der Waals surface area contributed by atoms with Crippen molar-refractivity contribution in [1.82, 2.24) is 0 Å². The summed E-state index contributed by atoms with van der Waals surface area (Å²) in [6.07, 6.45) is 1.22. The molecule has 5 aromatic rings. The van der Waals surface area contributed by atoms with Crippen LogP contribution in [0.5, 0.6) is 17.2 Å². The van der Waals surface area contributed by atoms with Gasteiger partial charge in [0, 0.05) is 17.4 Å². The third kappa shape index (κ3) is 11.1. The summed E-state index contributed by atoms with van der Waals surface area (Å²) in [6, 6.07) is 25.6. The van der Waals surface area contributed by atoms with Gasteiger partial charge in [-0.3, -0.25) is 0 Å². The number of hydrogen-bond acceptors (Lipinski definition) is 5. The Morgan fingerprint density at radius 3 is 0.971 bits per heavy atom. The monoisotopic (exact) mass is 993 g/mol. The molecule has 5 nitrogen and oxygen atoms in total. The maximum atomic E-state index is 12.6. The second-order valence-corrected chi connectivity index (χ2v) is 29.2. The molecule has 0 saturated carbocycles. The summed E-state index contributed by atoms with van der Waals surface area (Å²) < 4.78 is 47.1. The number of fused-ring (bicyclic) bond motifs is 2. The molecule has 0 aliphatic heterocycles. The molecule has 0 atom stereocenters. The van der Waals surface area contributed by atoms with Crippen LogP contribution >= 0.6 is 8.60 Å². The molecule has 0 saturated heterocycles. The Kier molecular flexibility index (Phi) is 16.4. The second-order valence-electron chi connectivity index (χ2n) is 26.2. The zero-order valence-corrected chi connectivity index (χ0v) is 50.0. The van der Waals surface area contributed by atoms with Gasteiger partial charge in [-0.15, -0.1) is 0 Å². The molecule has 0 amide bonds. The Hall–Kier alpha value is -3.60. The van der Waals surface area contributed by atoms with Crippen LogP contribution in [0.1, 0.15) is 200 Å². The number of benzene rings is 5. The van der Waals surface area contributed by atoms with E-state index in [4.69, 9.17) is 13.6 Å². The summed E-state index contributed by atoms with van der Waals surface area (Å²) in [6.45, 7) is 55.8. The molecule has 0 radical (unpaired) electrons. The molecule has 0 unspecified atom stereocenters. The topological polar surface area (TPSA) is 61.8 Å². The van der Waals surface area contributed by atoms with E-state index in [2.05, 4.69) is 215 Å². The van der Waals surface area contributed by atoms with E-state index >= 15 is 0 Å². The van der Waals surface area contributed by atoms with Crippen LogP contribution in [0.3, 0.4) is 0 Å². The van der Waals surface area contributed by atoms with E-state index in [-0.39, 0.29) is 49.2 Å². The molecule has 0 aliphatic rings. The van der Waals surface area contributed by atoms with Crippen molar-refractivity contribution in [3.63, 3.8) is 0 Å². The minimum Gasteiger partial charge on any atom is -0.409 e. The highest BCUT2D eigenvalue weighted by Crippen LogP contribution is 2.53. The highest BCUT2D eigenvalue weighted by atomic mass is 32.2. The molecule has 70 heavy (non-hydrogen) atoms. The van der Waals surface area contributed by atoms with Gasteiger partial charge < -0.3 is 13.6 Å². The van der Waals surface area contributed by atoms with E-state index in [0.29, 0.717) is 29.4 Å². The van der Waals surface area contributed by atoms with E-state index in [9.17, 15) is 8.42 Å². The first-order valence-corrected chi connectivity index (χ1v) is 29.2. The fourth-order valence-electron chi connectivity index (χ4n) is 8.71. The molecule has 0 spiro atoms. The van der Waals surface area contributed by atoms with Gasteiger partial charge in [-0.05, 0) is 160 Å². The van der Waals surface area contributed by atoms with E-state index in [1.807, 2.05) is 0 Å². The van der Waals surface area contributed by atoms with Crippen molar-refractivity contribution in [2.45, 2.75) is 204 Å². The van der Waals surface area contributed by atoms with Gasteiger partial charge in [0.25, 0.3) is 0 Å². The van der Waals surface area contributed by atoms with Crippen LogP contribution in [0, 0.1) is 35.5 Å². The van der Waals surface area contributed by atoms with E-state index in [0.717, 1.165) is 33.4 Å². The molecule has 5 aromatic carbocycles. The average molecular weight is 993 g/mol. The van der Waals surface area contributed by atoms with Crippen LogP contribution in [0.4, 0.5) is 0 Å². The summed E-state index contributed by atoms with van der Waals surface area (Å²) in [4.78, 5) is 0.220. The van der Waals surface area contributed by atoms with Crippen LogP contribution in [0.15, 0.2) is 77.7 Å². The Balaban J connectivity index is 1.91. The van der Waals surface area contributed by atoms with Gasteiger partial charge in [-0.2, -0.15) is 0 Å². The molecule has 0 heterocycles. The highest BCUT2D eigenvalue weighted by Gasteiger charge is 2.38. The lowest BCUT2D eigenvalue weighted by molar-refractivity contribution is 0.338. The highest BCUT2D eigenvalue weighted by molar-refractivity contribution is 7.90. The van der Waals surface area contributed by atoms with Crippen molar-refractivity contribution in [2.75, 3.05) is 6.26 Å². The first-order valence-electron chi connectivity index (χ1n) is 26.2. The van der Waals surface area contributed by atoms with Crippen molar-refractivity contribution in [1.29, 1.82) is 0 Å². The molecule has 0 fully saturated rings. The standard InChI is InChI=1S/C63H93O5PS/c1-38(2)58(13,14)46-30-44-32-54(62(21,22)42(9)10)56(36-50(44)52(34-46)60(17,18)40(5)6)67-69(66-48-26-28-49(29-27-48)70(25,64)65)68-57-37-51-45(33-55(57)63(23,24)43(11)12)31-47(59(15,16)39(3)4)35-53(51)61(19,20)41(7)8/h26-43H,1-25H3.